The predicted octanol–water partition coefficient (Wildman–Crippen LogP) is 3.19. The molecular weight excluding hydrogens is 223 g/mol. The molecule has 1 rings (SSSR count). The molecule has 0 fully saturated rings. The van der Waals surface area contributed by atoms with Crippen LogP contribution in [-0.4, -0.2) is 6.61 Å². The van der Waals surface area contributed by atoms with E-state index in [9.17, 15) is 4.57 Å². The van der Waals surface area contributed by atoms with Gasteiger partial charge in [-0.1, -0.05) is 36.4 Å². The second-order valence-electron chi connectivity index (χ2n) is 2.97. The third-order valence-corrected chi connectivity index (χ3v) is 3.04. The van der Waals surface area contributed by atoms with E-state index in [0.717, 1.165) is 5.56 Å². The molecule has 1 atom stereocenters. The molecular formula is C12H13O3P. The largest absolute Gasteiger partial charge is 0.405 e. The van der Waals surface area contributed by atoms with Gasteiger partial charge in [-0.2, -0.15) is 0 Å². The number of rotatable bonds is 6. The minimum atomic E-state index is -3.43. The van der Waals surface area contributed by atoms with E-state index in [1.807, 2.05) is 36.0 Å². The Kier molecular flexibility index (Phi) is 5.01. The summed E-state index contributed by atoms with van der Waals surface area (Å²) in [5.41, 5.74) is 2.94. The predicted molar refractivity (Wildman–Crippen MR) is 63.8 cm³/mol. The summed E-state index contributed by atoms with van der Waals surface area (Å²) in [4.78, 5) is 0. The third kappa shape index (κ3) is 4.04. The van der Waals surface area contributed by atoms with Crippen LogP contribution in [0.4, 0.5) is 0 Å². The Balaban J connectivity index is 2.55. The SMILES string of the molecule is C#CP(=O)(OCC=C)OCc1ccccc1. The zero-order valence-corrected chi connectivity index (χ0v) is 9.73. The normalized spacial score (nSPS) is 13.7. The van der Waals surface area contributed by atoms with Crippen molar-refractivity contribution < 1.29 is 13.6 Å². The molecule has 0 N–H and O–H groups in total. The molecule has 16 heavy (non-hydrogen) atoms. The van der Waals surface area contributed by atoms with Crippen LogP contribution in [-0.2, 0) is 20.2 Å². The molecule has 0 amide bonds. The van der Waals surface area contributed by atoms with Crippen molar-refractivity contribution >= 4 is 7.60 Å². The first kappa shape index (κ1) is 12.7. The molecule has 0 bridgehead atoms. The van der Waals surface area contributed by atoms with Gasteiger partial charge in [0.25, 0.3) is 0 Å². The summed E-state index contributed by atoms with van der Waals surface area (Å²) in [6, 6.07) is 9.33. The van der Waals surface area contributed by atoms with Crippen molar-refractivity contribution in [2.24, 2.45) is 0 Å². The van der Waals surface area contributed by atoms with E-state index < -0.39 is 7.60 Å². The maximum Gasteiger partial charge on any atom is 0.405 e. The van der Waals surface area contributed by atoms with Crippen LogP contribution in [0.3, 0.4) is 0 Å². The van der Waals surface area contributed by atoms with Crippen LogP contribution < -0.4 is 0 Å². The smallest absolute Gasteiger partial charge is 0.295 e. The molecule has 0 aliphatic heterocycles. The van der Waals surface area contributed by atoms with Crippen LogP contribution in [0.1, 0.15) is 5.56 Å². The third-order valence-electron chi connectivity index (χ3n) is 1.76. The van der Waals surface area contributed by atoms with Gasteiger partial charge in [0.2, 0.25) is 0 Å². The van der Waals surface area contributed by atoms with E-state index >= 15 is 0 Å². The molecule has 1 unspecified atom stereocenters. The van der Waals surface area contributed by atoms with Crippen molar-refractivity contribution in [2.45, 2.75) is 6.61 Å². The second-order valence-corrected chi connectivity index (χ2v) is 4.74. The lowest BCUT2D eigenvalue weighted by Crippen LogP contribution is -1.95. The first-order valence-corrected chi connectivity index (χ1v) is 6.26. The summed E-state index contributed by atoms with van der Waals surface area (Å²) in [6.07, 6.45) is 6.58. The van der Waals surface area contributed by atoms with Crippen molar-refractivity contribution in [2.75, 3.05) is 6.61 Å². The van der Waals surface area contributed by atoms with E-state index in [4.69, 9.17) is 15.5 Å². The lowest BCUT2D eigenvalue weighted by Gasteiger charge is -2.11. The maximum absolute atomic E-state index is 11.8. The van der Waals surface area contributed by atoms with Gasteiger partial charge in [0.1, 0.15) is 0 Å². The van der Waals surface area contributed by atoms with Crippen molar-refractivity contribution in [1.82, 2.24) is 0 Å². The molecule has 0 radical (unpaired) electrons. The summed E-state index contributed by atoms with van der Waals surface area (Å²) in [5.74, 6) is 0. The number of benzene rings is 1. The standard InChI is InChI=1S/C12H13O3P/c1-3-10-14-16(13,4-2)15-11-12-8-6-5-7-9-12/h2-3,5-9H,1,10-11H2. The van der Waals surface area contributed by atoms with Gasteiger partial charge in [-0.3, -0.25) is 9.05 Å². The highest BCUT2D eigenvalue weighted by atomic mass is 31.2. The zero-order chi connectivity index (χ0) is 11.9. The van der Waals surface area contributed by atoms with Crippen molar-refractivity contribution in [1.29, 1.82) is 0 Å². The minimum Gasteiger partial charge on any atom is -0.295 e. The highest BCUT2D eigenvalue weighted by Crippen LogP contribution is 2.47. The van der Waals surface area contributed by atoms with E-state index in [1.54, 1.807) is 0 Å². The lowest BCUT2D eigenvalue weighted by molar-refractivity contribution is 0.222. The number of hydrogen-bond donors (Lipinski definition) is 0. The fourth-order valence-electron chi connectivity index (χ4n) is 0.996. The number of terminal acetylenes is 1. The molecule has 84 valence electrons. The Labute approximate surface area is 95.6 Å². The Bertz CT molecular complexity index is 420. The van der Waals surface area contributed by atoms with Gasteiger partial charge in [0.15, 0.2) is 0 Å². The zero-order valence-electron chi connectivity index (χ0n) is 8.83. The van der Waals surface area contributed by atoms with Gasteiger partial charge in [-0.25, -0.2) is 4.57 Å². The van der Waals surface area contributed by atoms with Crippen LogP contribution in [0.25, 0.3) is 0 Å². The molecule has 0 aliphatic rings. The Morgan fingerprint density at radius 1 is 1.38 bits per heavy atom. The van der Waals surface area contributed by atoms with E-state index in [-0.39, 0.29) is 13.2 Å². The molecule has 0 saturated heterocycles. The van der Waals surface area contributed by atoms with Crippen LogP contribution in [0.15, 0.2) is 43.0 Å². The molecule has 0 heterocycles. The first-order chi connectivity index (χ1) is 7.70. The van der Waals surface area contributed by atoms with Gasteiger partial charge < -0.3 is 0 Å². The average Bonchev–Trinajstić information content (AvgIpc) is 2.35. The molecule has 1 aromatic carbocycles. The summed E-state index contributed by atoms with van der Waals surface area (Å²) in [7, 11) is -3.43. The molecule has 0 aliphatic carbocycles. The first-order valence-electron chi connectivity index (χ1n) is 4.72. The topological polar surface area (TPSA) is 35.5 Å². The van der Waals surface area contributed by atoms with Crippen LogP contribution >= 0.6 is 7.60 Å². The molecule has 3 nitrogen and oxygen atoms in total. The highest BCUT2D eigenvalue weighted by Gasteiger charge is 2.20. The van der Waals surface area contributed by atoms with E-state index in [0.29, 0.717) is 0 Å². The highest BCUT2D eigenvalue weighted by molar-refractivity contribution is 7.59. The van der Waals surface area contributed by atoms with Gasteiger partial charge in [-0.15, -0.1) is 13.0 Å². The fourth-order valence-corrected chi connectivity index (χ4v) is 1.84. The van der Waals surface area contributed by atoms with Gasteiger partial charge >= 0.3 is 7.60 Å². The van der Waals surface area contributed by atoms with Gasteiger partial charge in [0, 0.05) is 5.66 Å². The summed E-state index contributed by atoms with van der Waals surface area (Å²) < 4.78 is 21.8. The number of hydrogen-bond acceptors (Lipinski definition) is 3. The Hall–Kier alpha value is -1.33. The molecule has 1 aromatic rings. The summed E-state index contributed by atoms with van der Waals surface area (Å²) in [6.45, 7) is 3.72. The average molecular weight is 236 g/mol. The summed E-state index contributed by atoms with van der Waals surface area (Å²) >= 11 is 0. The quantitative estimate of drug-likeness (QED) is 0.432. The second kappa shape index (κ2) is 6.30. The monoisotopic (exact) mass is 236 g/mol. The van der Waals surface area contributed by atoms with Crippen molar-refractivity contribution in [3.63, 3.8) is 0 Å². The van der Waals surface area contributed by atoms with Gasteiger partial charge in [0.05, 0.1) is 13.2 Å². The Morgan fingerprint density at radius 3 is 2.62 bits per heavy atom. The fraction of sp³-hybridized carbons (Fsp3) is 0.167. The molecule has 0 aromatic heterocycles. The van der Waals surface area contributed by atoms with Crippen LogP contribution in [0.5, 0.6) is 0 Å². The van der Waals surface area contributed by atoms with E-state index in [1.165, 1.54) is 6.08 Å². The Morgan fingerprint density at radius 2 is 2.06 bits per heavy atom. The van der Waals surface area contributed by atoms with E-state index in [2.05, 4.69) is 6.58 Å². The van der Waals surface area contributed by atoms with Crippen molar-refractivity contribution in [3.05, 3.63) is 48.6 Å². The maximum atomic E-state index is 11.8. The van der Waals surface area contributed by atoms with Crippen LogP contribution in [0, 0.1) is 12.1 Å². The molecule has 4 heteroatoms. The van der Waals surface area contributed by atoms with Crippen LogP contribution in [0.2, 0.25) is 0 Å². The summed E-state index contributed by atoms with van der Waals surface area (Å²) in [5, 5.41) is 0. The molecule has 0 saturated carbocycles. The van der Waals surface area contributed by atoms with Crippen molar-refractivity contribution in [3.8, 4) is 12.1 Å². The molecule has 0 spiro atoms. The van der Waals surface area contributed by atoms with Gasteiger partial charge in [-0.05, 0) is 5.56 Å². The lowest BCUT2D eigenvalue weighted by atomic mass is 10.2. The minimum absolute atomic E-state index is 0.107.